The Morgan fingerprint density at radius 1 is 1.27 bits per heavy atom. The number of nitrogens with zero attached hydrogens (tertiary/aromatic N) is 1. The summed E-state index contributed by atoms with van der Waals surface area (Å²) in [6.07, 6.45) is 7.79. The van der Waals surface area contributed by atoms with Crippen LogP contribution in [0.15, 0.2) is 36.3 Å². The third-order valence-corrected chi connectivity index (χ3v) is 10.6. The number of hydrogen-bond donors (Lipinski definition) is 0. The molecule has 1 heterocycles. The molecule has 0 radical (unpaired) electrons. The van der Waals surface area contributed by atoms with E-state index in [9.17, 15) is 4.79 Å². The van der Waals surface area contributed by atoms with E-state index in [0.717, 1.165) is 13.0 Å². The molecular formula is C21H31NO3Si. The molecule has 26 heavy (non-hydrogen) atoms. The standard InChI is InChI=1S/C21H31NO3Si/c1-8-21-19(25-4)17(24-3)16(23)15-13-9-10-14(18(13)26(5,6)7)20(15,21)11-12-22(21)2/h8-10,13-15,18H,1,11-12H2,2-7H3/t13-,14-,15-,18-,20-,21-/m1/s1. The van der Waals surface area contributed by atoms with Crippen molar-refractivity contribution in [3.05, 3.63) is 36.3 Å². The molecule has 142 valence electrons. The highest BCUT2D eigenvalue weighted by Crippen LogP contribution is 2.75. The van der Waals surface area contributed by atoms with E-state index in [1.807, 2.05) is 6.08 Å². The first kappa shape index (κ1) is 18.0. The zero-order valence-corrected chi connectivity index (χ0v) is 17.8. The number of likely N-dealkylation sites (N-methyl/N-ethyl adjacent to an activating group) is 1. The number of allylic oxidation sites excluding steroid dienone is 3. The van der Waals surface area contributed by atoms with Crippen LogP contribution in [-0.4, -0.2) is 52.1 Å². The summed E-state index contributed by atoms with van der Waals surface area (Å²) in [5.74, 6) is 1.87. The van der Waals surface area contributed by atoms with Crippen molar-refractivity contribution in [1.29, 1.82) is 0 Å². The molecule has 1 spiro atoms. The first-order valence-electron chi connectivity index (χ1n) is 9.62. The summed E-state index contributed by atoms with van der Waals surface area (Å²) in [7, 11) is 3.91. The second-order valence-corrected chi connectivity index (χ2v) is 14.9. The molecule has 3 aliphatic carbocycles. The highest BCUT2D eigenvalue weighted by Gasteiger charge is 2.78. The van der Waals surface area contributed by atoms with E-state index in [0.29, 0.717) is 28.9 Å². The summed E-state index contributed by atoms with van der Waals surface area (Å²) in [4.78, 5) is 16.0. The Labute approximate surface area is 157 Å². The van der Waals surface area contributed by atoms with Gasteiger partial charge in [-0.3, -0.25) is 9.69 Å². The summed E-state index contributed by atoms with van der Waals surface area (Å²) in [6.45, 7) is 12.5. The molecule has 0 aromatic heterocycles. The Hall–Kier alpha value is -1.33. The number of carbonyl (C=O) groups excluding carboxylic acids is 1. The van der Waals surface area contributed by atoms with Crippen LogP contribution < -0.4 is 0 Å². The van der Waals surface area contributed by atoms with E-state index in [1.54, 1.807) is 14.2 Å². The lowest BCUT2D eigenvalue weighted by Gasteiger charge is -2.54. The molecule has 0 unspecified atom stereocenters. The molecule has 6 atom stereocenters. The van der Waals surface area contributed by atoms with Crippen LogP contribution in [0.3, 0.4) is 0 Å². The number of ether oxygens (including phenoxy) is 2. The van der Waals surface area contributed by atoms with Gasteiger partial charge in [0, 0.05) is 19.4 Å². The largest absolute Gasteiger partial charge is 0.495 e. The Balaban J connectivity index is 2.04. The van der Waals surface area contributed by atoms with Gasteiger partial charge in [-0.05, 0) is 37.4 Å². The Morgan fingerprint density at radius 3 is 2.50 bits per heavy atom. The average Bonchev–Trinajstić information content (AvgIpc) is 3.23. The van der Waals surface area contributed by atoms with Crippen molar-refractivity contribution >= 4 is 13.9 Å². The molecule has 0 N–H and O–H groups in total. The van der Waals surface area contributed by atoms with E-state index in [-0.39, 0.29) is 17.1 Å². The van der Waals surface area contributed by atoms with Crippen LogP contribution in [0.1, 0.15) is 6.42 Å². The van der Waals surface area contributed by atoms with Gasteiger partial charge in [-0.1, -0.05) is 37.9 Å². The predicted molar refractivity (Wildman–Crippen MR) is 105 cm³/mol. The number of hydrogen-bond acceptors (Lipinski definition) is 4. The van der Waals surface area contributed by atoms with Crippen LogP contribution in [0, 0.1) is 23.2 Å². The lowest BCUT2D eigenvalue weighted by molar-refractivity contribution is -0.134. The molecule has 2 bridgehead atoms. The molecule has 1 aliphatic heterocycles. The molecule has 0 aromatic carbocycles. The van der Waals surface area contributed by atoms with E-state index in [2.05, 4.69) is 50.3 Å². The number of methoxy groups -OCH3 is 2. The van der Waals surface area contributed by atoms with Crippen molar-refractivity contribution in [3.8, 4) is 0 Å². The maximum absolute atomic E-state index is 13.6. The third-order valence-electron chi connectivity index (χ3n) is 7.81. The summed E-state index contributed by atoms with van der Waals surface area (Å²) >= 11 is 0. The number of Topliss-reactive ketones (excluding diaryl/α,β-unsaturated/α-hetero) is 1. The number of likely N-dealkylation sites (tertiary alicyclic amines) is 1. The van der Waals surface area contributed by atoms with Gasteiger partial charge in [-0.15, -0.1) is 6.58 Å². The molecule has 4 rings (SSSR count). The van der Waals surface area contributed by atoms with Gasteiger partial charge in [0.05, 0.1) is 14.2 Å². The van der Waals surface area contributed by atoms with Gasteiger partial charge in [0.2, 0.25) is 11.5 Å². The number of ketones is 1. The van der Waals surface area contributed by atoms with Crippen molar-refractivity contribution in [3.63, 3.8) is 0 Å². The molecule has 5 heteroatoms. The van der Waals surface area contributed by atoms with Gasteiger partial charge in [0.15, 0.2) is 5.76 Å². The molecular weight excluding hydrogens is 342 g/mol. The van der Waals surface area contributed by atoms with Crippen molar-refractivity contribution in [2.75, 3.05) is 27.8 Å². The summed E-state index contributed by atoms with van der Waals surface area (Å²) in [5, 5.41) is 0. The van der Waals surface area contributed by atoms with Crippen molar-refractivity contribution in [1.82, 2.24) is 4.90 Å². The summed E-state index contributed by atoms with van der Waals surface area (Å²) in [6, 6.07) is 0. The van der Waals surface area contributed by atoms with Crippen molar-refractivity contribution < 1.29 is 14.3 Å². The molecule has 1 saturated carbocycles. The minimum atomic E-state index is -1.47. The highest BCUT2D eigenvalue weighted by molar-refractivity contribution is 6.78. The van der Waals surface area contributed by atoms with Gasteiger partial charge in [-0.25, -0.2) is 0 Å². The van der Waals surface area contributed by atoms with Crippen LogP contribution in [0.5, 0.6) is 0 Å². The van der Waals surface area contributed by atoms with E-state index < -0.39 is 13.6 Å². The molecule has 2 fully saturated rings. The zero-order chi connectivity index (χ0) is 19.1. The summed E-state index contributed by atoms with van der Waals surface area (Å²) in [5.41, 5.74) is -0.0666. The quantitative estimate of drug-likeness (QED) is 0.559. The second-order valence-electron chi connectivity index (χ2n) is 9.47. The minimum absolute atomic E-state index is 0.0361. The first-order valence-corrected chi connectivity index (χ1v) is 13.2. The fourth-order valence-corrected chi connectivity index (χ4v) is 10.1. The van der Waals surface area contributed by atoms with E-state index in [4.69, 9.17) is 9.47 Å². The van der Waals surface area contributed by atoms with Gasteiger partial charge in [-0.2, -0.15) is 0 Å². The average molecular weight is 374 g/mol. The number of fused-ring (bicyclic) bond motifs is 3. The smallest absolute Gasteiger partial charge is 0.205 e. The minimum Gasteiger partial charge on any atom is -0.495 e. The fraction of sp³-hybridized carbons (Fsp3) is 0.667. The van der Waals surface area contributed by atoms with Crippen LogP contribution >= 0.6 is 0 Å². The first-order chi connectivity index (χ1) is 12.2. The summed E-state index contributed by atoms with van der Waals surface area (Å²) < 4.78 is 11.5. The molecule has 4 nitrogen and oxygen atoms in total. The molecule has 0 amide bonds. The van der Waals surface area contributed by atoms with Crippen LogP contribution in [0.2, 0.25) is 25.2 Å². The second kappa shape index (κ2) is 5.35. The predicted octanol–water partition coefficient (Wildman–Crippen LogP) is 3.46. The topological polar surface area (TPSA) is 38.8 Å². The Morgan fingerprint density at radius 2 is 1.96 bits per heavy atom. The van der Waals surface area contributed by atoms with E-state index >= 15 is 0 Å². The Kier molecular flexibility index (Phi) is 3.72. The van der Waals surface area contributed by atoms with Gasteiger partial charge < -0.3 is 9.47 Å². The Bertz CT molecular complexity index is 736. The fourth-order valence-electron chi connectivity index (χ4n) is 7.19. The zero-order valence-electron chi connectivity index (χ0n) is 16.8. The number of rotatable bonds is 4. The normalized spacial score (nSPS) is 44.3. The monoisotopic (exact) mass is 373 g/mol. The highest BCUT2D eigenvalue weighted by atomic mass is 28.3. The van der Waals surface area contributed by atoms with E-state index in [1.165, 1.54) is 0 Å². The van der Waals surface area contributed by atoms with Crippen LogP contribution in [0.25, 0.3) is 0 Å². The molecule has 4 aliphatic rings. The lowest BCUT2D eigenvalue weighted by atomic mass is 9.53. The maximum Gasteiger partial charge on any atom is 0.205 e. The molecule has 1 saturated heterocycles. The lowest BCUT2D eigenvalue weighted by Crippen LogP contribution is -2.62. The van der Waals surface area contributed by atoms with Crippen LogP contribution in [0.4, 0.5) is 0 Å². The maximum atomic E-state index is 13.6. The molecule has 0 aromatic rings. The third kappa shape index (κ3) is 1.68. The van der Waals surface area contributed by atoms with Crippen molar-refractivity contribution in [2.24, 2.45) is 23.2 Å². The van der Waals surface area contributed by atoms with Gasteiger partial charge >= 0.3 is 0 Å². The van der Waals surface area contributed by atoms with Crippen LogP contribution in [-0.2, 0) is 14.3 Å². The van der Waals surface area contributed by atoms with Gasteiger partial charge in [0.1, 0.15) is 5.54 Å². The van der Waals surface area contributed by atoms with Gasteiger partial charge in [0.25, 0.3) is 0 Å². The van der Waals surface area contributed by atoms with Crippen molar-refractivity contribution in [2.45, 2.75) is 37.1 Å². The SMILES string of the molecule is C=C[C@@]12C(OC)=C(OC)C(=O)[C@H]3[C@H]4C=C[C@H]([C@@H]4[Si](C)(C)C)[C@]31CCN2C. The number of carbonyl (C=O) groups is 1.